The van der Waals surface area contributed by atoms with Crippen molar-refractivity contribution in [3.05, 3.63) is 57.6 Å². The lowest BCUT2D eigenvalue weighted by Crippen LogP contribution is -2.40. The average molecular weight is 450 g/mol. The fourth-order valence-electron chi connectivity index (χ4n) is 2.88. The lowest BCUT2D eigenvalue weighted by atomic mass is 10.0. The van der Waals surface area contributed by atoms with Gasteiger partial charge in [-0.1, -0.05) is 38.1 Å². The highest BCUT2D eigenvalue weighted by molar-refractivity contribution is 9.10. The van der Waals surface area contributed by atoms with E-state index >= 15 is 0 Å². The summed E-state index contributed by atoms with van der Waals surface area (Å²) in [6.45, 7) is 9.12. The van der Waals surface area contributed by atoms with E-state index in [0.29, 0.717) is 31.3 Å². The minimum Gasteiger partial charge on any atom is -0.490 e. The van der Waals surface area contributed by atoms with Crippen LogP contribution in [0, 0.1) is 12.8 Å². The van der Waals surface area contributed by atoms with Crippen LogP contribution in [0.2, 0.25) is 0 Å². The zero-order chi connectivity index (χ0) is 20.7. The molecule has 2 N–H and O–H groups in total. The number of carbonyl (C=O) groups is 1. The number of rotatable bonds is 10. The van der Waals surface area contributed by atoms with E-state index in [1.165, 1.54) is 5.56 Å². The van der Waals surface area contributed by atoms with E-state index in [2.05, 4.69) is 34.2 Å². The van der Waals surface area contributed by atoms with Crippen LogP contribution in [-0.4, -0.2) is 23.7 Å². The first-order chi connectivity index (χ1) is 13.3. The van der Waals surface area contributed by atoms with Crippen LogP contribution in [-0.2, 0) is 17.9 Å². The molecule has 0 saturated heterocycles. The monoisotopic (exact) mass is 449 g/mol. The largest absolute Gasteiger partial charge is 0.490 e. The number of carboxylic acid groups (broad SMARTS) is 1. The Morgan fingerprint density at radius 2 is 1.93 bits per heavy atom. The highest BCUT2D eigenvalue weighted by Crippen LogP contribution is 2.37. The van der Waals surface area contributed by atoms with Gasteiger partial charge in [0.1, 0.15) is 12.6 Å². The highest BCUT2D eigenvalue weighted by Gasteiger charge is 2.21. The maximum Gasteiger partial charge on any atom is 0.320 e. The Kier molecular flexibility index (Phi) is 8.33. The number of aryl methyl sites for hydroxylation is 1. The summed E-state index contributed by atoms with van der Waals surface area (Å²) in [5.41, 5.74) is 3.21. The van der Waals surface area contributed by atoms with E-state index in [0.717, 1.165) is 15.6 Å². The second kappa shape index (κ2) is 10.5. The van der Waals surface area contributed by atoms with Gasteiger partial charge in [0.15, 0.2) is 11.5 Å². The van der Waals surface area contributed by atoms with Crippen molar-refractivity contribution in [3.8, 4) is 11.5 Å². The van der Waals surface area contributed by atoms with Gasteiger partial charge in [0.05, 0.1) is 11.1 Å². The molecule has 0 amide bonds. The molecule has 6 heteroatoms. The van der Waals surface area contributed by atoms with Crippen molar-refractivity contribution in [2.75, 3.05) is 6.61 Å². The first-order valence-corrected chi connectivity index (χ1v) is 10.2. The molecule has 0 heterocycles. The zero-order valence-electron chi connectivity index (χ0n) is 16.8. The van der Waals surface area contributed by atoms with E-state index in [-0.39, 0.29) is 5.92 Å². The molecular formula is C22H28BrNO4. The number of nitrogens with one attached hydrogen (secondary N) is 1. The van der Waals surface area contributed by atoms with Gasteiger partial charge in [-0.15, -0.1) is 0 Å². The fraction of sp³-hybridized carbons (Fsp3) is 0.409. The summed E-state index contributed by atoms with van der Waals surface area (Å²) >= 11 is 3.58. The number of hydrogen-bond acceptors (Lipinski definition) is 4. The van der Waals surface area contributed by atoms with Gasteiger partial charge >= 0.3 is 5.97 Å². The Balaban J connectivity index is 2.18. The molecule has 0 aliphatic heterocycles. The zero-order valence-corrected chi connectivity index (χ0v) is 18.4. The second-order valence-electron chi connectivity index (χ2n) is 6.99. The van der Waals surface area contributed by atoms with Crippen LogP contribution in [0.5, 0.6) is 11.5 Å². The van der Waals surface area contributed by atoms with Gasteiger partial charge in [-0.25, -0.2) is 0 Å². The van der Waals surface area contributed by atoms with Crippen LogP contribution in [0.1, 0.15) is 37.5 Å². The van der Waals surface area contributed by atoms with E-state index in [1.54, 1.807) is 0 Å². The summed E-state index contributed by atoms with van der Waals surface area (Å²) in [5, 5.41) is 12.4. The van der Waals surface area contributed by atoms with Crippen molar-refractivity contribution in [3.63, 3.8) is 0 Å². The molecule has 1 atom stereocenters. The van der Waals surface area contributed by atoms with Crippen molar-refractivity contribution in [2.24, 2.45) is 5.92 Å². The summed E-state index contributed by atoms with van der Waals surface area (Å²) in [6.07, 6.45) is 0. The van der Waals surface area contributed by atoms with Gasteiger partial charge in [0, 0.05) is 6.54 Å². The summed E-state index contributed by atoms with van der Waals surface area (Å²) in [5.74, 6) is 0.424. The van der Waals surface area contributed by atoms with E-state index in [9.17, 15) is 9.90 Å². The lowest BCUT2D eigenvalue weighted by molar-refractivity contribution is -0.140. The van der Waals surface area contributed by atoms with Crippen molar-refractivity contribution in [1.29, 1.82) is 0 Å². The maximum atomic E-state index is 11.4. The van der Waals surface area contributed by atoms with Crippen molar-refractivity contribution in [2.45, 2.75) is 46.9 Å². The van der Waals surface area contributed by atoms with Crippen molar-refractivity contribution >= 4 is 21.9 Å². The first-order valence-electron chi connectivity index (χ1n) is 9.42. The molecule has 5 nitrogen and oxygen atoms in total. The third kappa shape index (κ3) is 5.97. The molecule has 0 aliphatic carbocycles. The minimum atomic E-state index is -0.850. The van der Waals surface area contributed by atoms with Crippen LogP contribution in [0.25, 0.3) is 0 Å². The van der Waals surface area contributed by atoms with Gasteiger partial charge < -0.3 is 19.9 Å². The first kappa shape index (κ1) is 22.2. The van der Waals surface area contributed by atoms with E-state index in [4.69, 9.17) is 9.47 Å². The standard InChI is InChI=1S/C22H28BrNO4/c1-5-27-19-11-16(12-24-20(14(2)3)22(25)26)10-18(23)21(19)28-13-17-9-7-6-8-15(17)4/h6-11,14,20,24H,5,12-13H2,1-4H3,(H,25,26). The van der Waals surface area contributed by atoms with Crippen LogP contribution >= 0.6 is 15.9 Å². The molecule has 0 radical (unpaired) electrons. The average Bonchev–Trinajstić information content (AvgIpc) is 2.62. The molecule has 28 heavy (non-hydrogen) atoms. The summed E-state index contributed by atoms with van der Waals surface area (Å²) in [6, 6.07) is 11.3. The molecule has 152 valence electrons. The summed E-state index contributed by atoms with van der Waals surface area (Å²) in [7, 11) is 0. The molecule has 2 aromatic rings. The number of halogens is 1. The molecule has 1 unspecified atom stereocenters. The maximum absolute atomic E-state index is 11.4. The molecule has 0 saturated carbocycles. The van der Waals surface area contributed by atoms with Gasteiger partial charge in [-0.3, -0.25) is 4.79 Å². The van der Waals surface area contributed by atoms with Crippen LogP contribution in [0.4, 0.5) is 0 Å². The fourth-order valence-corrected chi connectivity index (χ4v) is 3.49. The molecule has 2 aromatic carbocycles. The van der Waals surface area contributed by atoms with Gasteiger partial charge in [-0.05, 0) is 64.5 Å². The molecule has 0 aromatic heterocycles. The number of ether oxygens (including phenoxy) is 2. The third-order valence-corrected chi connectivity index (χ3v) is 5.05. The summed E-state index contributed by atoms with van der Waals surface area (Å²) < 4.78 is 12.6. The van der Waals surface area contributed by atoms with Gasteiger partial charge in [-0.2, -0.15) is 0 Å². The predicted octanol–water partition coefficient (Wildman–Crippen LogP) is 4.93. The van der Waals surface area contributed by atoms with E-state index < -0.39 is 12.0 Å². The number of carboxylic acids is 1. The Morgan fingerprint density at radius 3 is 2.54 bits per heavy atom. The number of hydrogen-bond donors (Lipinski definition) is 2. The predicted molar refractivity (Wildman–Crippen MR) is 114 cm³/mol. The van der Waals surface area contributed by atoms with E-state index in [1.807, 2.05) is 51.1 Å². The molecule has 0 aliphatic rings. The summed E-state index contributed by atoms with van der Waals surface area (Å²) in [4.78, 5) is 11.4. The Morgan fingerprint density at radius 1 is 1.21 bits per heavy atom. The quantitative estimate of drug-likeness (QED) is 0.537. The molecule has 2 rings (SSSR count). The molecular weight excluding hydrogens is 422 g/mol. The van der Waals surface area contributed by atoms with Crippen molar-refractivity contribution in [1.82, 2.24) is 5.32 Å². The Hall–Kier alpha value is -2.05. The minimum absolute atomic E-state index is 0.0102. The van der Waals surface area contributed by atoms with Crippen LogP contribution in [0.3, 0.4) is 0 Å². The Bertz CT molecular complexity index is 807. The normalized spacial score (nSPS) is 12.1. The number of benzene rings is 2. The topological polar surface area (TPSA) is 67.8 Å². The smallest absolute Gasteiger partial charge is 0.320 e. The third-order valence-electron chi connectivity index (χ3n) is 4.46. The highest BCUT2D eigenvalue weighted by atomic mass is 79.9. The lowest BCUT2D eigenvalue weighted by Gasteiger charge is -2.19. The number of aliphatic carboxylic acids is 1. The van der Waals surface area contributed by atoms with Crippen LogP contribution < -0.4 is 14.8 Å². The van der Waals surface area contributed by atoms with Gasteiger partial charge in [0.2, 0.25) is 0 Å². The SMILES string of the molecule is CCOc1cc(CNC(C(=O)O)C(C)C)cc(Br)c1OCc1ccccc1C. The Labute approximate surface area is 175 Å². The van der Waals surface area contributed by atoms with Gasteiger partial charge in [0.25, 0.3) is 0 Å². The molecule has 0 fully saturated rings. The second-order valence-corrected chi connectivity index (χ2v) is 7.85. The molecule has 0 bridgehead atoms. The van der Waals surface area contributed by atoms with Crippen LogP contribution in [0.15, 0.2) is 40.9 Å². The molecule has 0 spiro atoms. The van der Waals surface area contributed by atoms with Crippen molar-refractivity contribution < 1.29 is 19.4 Å².